The zero-order valence-corrected chi connectivity index (χ0v) is 13.6. The van der Waals surface area contributed by atoms with Crippen molar-refractivity contribution in [1.29, 1.82) is 0 Å². The lowest BCUT2D eigenvalue weighted by atomic mass is 9.97. The fraction of sp³-hybridized carbons (Fsp3) is 0.556. The van der Waals surface area contributed by atoms with Gasteiger partial charge in [-0.3, -0.25) is 9.59 Å². The summed E-state index contributed by atoms with van der Waals surface area (Å²) >= 11 is 0. The van der Waals surface area contributed by atoms with Gasteiger partial charge in [0.15, 0.2) is 0 Å². The zero-order valence-electron chi connectivity index (χ0n) is 13.6. The molecule has 2 N–H and O–H groups in total. The SMILES string of the molecule is CCC(OC1CCCCC1)C(=O)Nc1ccc(CC(=O)O)cc1. The van der Waals surface area contributed by atoms with Gasteiger partial charge in [-0.25, -0.2) is 0 Å². The highest BCUT2D eigenvalue weighted by Crippen LogP contribution is 2.22. The molecule has 1 aliphatic carbocycles. The largest absolute Gasteiger partial charge is 0.481 e. The van der Waals surface area contributed by atoms with Gasteiger partial charge in [-0.05, 0) is 37.0 Å². The van der Waals surface area contributed by atoms with Crippen LogP contribution in [0.25, 0.3) is 0 Å². The number of hydrogen-bond donors (Lipinski definition) is 2. The van der Waals surface area contributed by atoms with E-state index in [4.69, 9.17) is 9.84 Å². The Morgan fingerprint density at radius 3 is 2.43 bits per heavy atom. The first-order valence-electron chi connectivity index (χ1n) is 8.35. The number of ether oxygens (including phenoxy) is 1. The molecule has 1 fully saturated rings. The number of nitrogens with one attached hydrogen (secondary N) is 1. The maximum atomic E-state index is 12.3. The van der Waals surface area contributed by atoms with Crippen LogP contribution in [0.2, 0.25) is 0 Å². The van der Waals surface area contributed by atoms with E-state index in [9.17, 15) is 9.59 Å². The Morgan fingerprint density at radius 1 is 1.22 bits per heavy atom. The van der Waals surface area contributed by atoms with Gasteiger partial charge in [0.25, 0.3) is 5.91 Å². The van der Waals surface area contributed by atoms with Crippen LogP contribution in [0.15, 0.2) is 24.3 Å². The molecule has 1 aromatic rings. The summed E-state index contributed by atoms with van der Waals surface area (Å²) in [5.41, 5.74) is 1.37. The van der Waals surface area contributed by atoms with Gasteiger partial charge in [-0.1, -0.05) is 38.3 Å². The third kappa shape index (κ3) is 5.67. The lowest BCUT2D eigenvalue weighted by molar-refractivity contribution is -0.136. The van der Waals surface area contributed by atoms with Crippen molar-refractivity contribution in [3.63, 3.8) is 0 Å². The highest BCUT2D eigenvalue weighted by Gasteiger charge is 2.23. The van der Waals surface area contributed by atoms with Gasteiger partial charge in [0.2, 0.25) is 0 Å². The van der Waals surface area contributed by atoms with Gasteiger partial charge >= 0.3 is 5.97 Å². The van der Waals surface area contributed by atoms with Crippen LogP contribution in [0, 0.1) is 0 Å². The van der Waals surface area contributed by atoms with E-state index in [0.29, 0.717) is 17.7 Å². The monoisotopic (exact) mass is 319 g/mol. The maximum Gasteiger partial charge on any atom is 0.307 e. The second-order valence-electron chi connectivity index (χ2n) is 6.05. The minimum Gasteiger partial charge on any atom is -0.481 e. The van der Waals surface area contributed by atoms with E-state index in [2.05, 4.69) is 5.32 Å². The molecule has 1 atom stereocenters. The molecular weight excluding hydrogens is 294 g/mol. The first-order chi connectivity index (χ1) is 11.1. The highest BCUT2D eigenvalue weighted by molar-refractivity contribution is 5.94. The van der Waals surface area contributed by atoms with Gasteiger partial charge < -0.3 is 15.2 Å². The summed E-state index contributed by atoms with van der Waals surface area (Å²) in [4.78, 5) is 23.0. The lowest BCUT2D eigenvalue weighted by Crippen LogP contribution is -2.34. The molecule has 0 aliphatic heterocycles. The molecule has 5 heteroatoms. The van der Waals surface area contributed by atoms with Gasteiger partial charge in [0.1, 0.15) is 6.10 Å². The van der Waals surface area contributed by atoms with E-state index in [0.717, 1.165) is 12.8 Å². The van der Waals surface area contributed by atoms with E-state index in [1.54, 1.807) is 24.3 Å². The summed E-state index contributed by atoms with van der Waals surface area (Å²) in [5.74, 6) is -1.00. The van der Waals surface area contributed by atoms with Gasteiger partial charge in [0.05, 0.1) is 12.5 Å². The standard InChI is InChI=1S/C18H25NO4/c1-2-16(23-15-6-4-3-5-7-15)18(22)19-14-10-8-13(9-11-14)12-17(20)21/h8-11,15-16H,2-7,12H2,1H3,(H,19,22)(H,20,21). The van der Waals surface area contributed by atoms with Crippen molar-refractivity contribution < 1.29 is 19.4 Å². The normalized spacial score (nSPS) is 16.7. The van der Waals surface area contributed by atoms with Crippen LogP contribution in [0.5, 0.6) is 0 Å². The van der Waals surface area contributed by atoms with Gasteiger partial charge in [-0.2, -0.15) is 0 Å². The van der Waals surface area contributed by atoms with Crippen molar-refractivity contribution in [3.05, 3.63) is 29.8 Å². The summed E-state index contributed by atoms with van der Waals surface area (Å²) in [5, 5.41) is 11.6. The van der Waals surface area contributed by atoms with Gasteiger partial charge in [0, 0.05) is 5.69 Å². The van der Waals surface area contributed by atoms with Crippen LogP contribution < -0.4 is 5.32 Å². The molecule has 23 heavy (non-hydrogen) atoms. The number of rotatable bonds is 7. The van der Waals surface area contributed by atoms with Crippen LogP contribution in [0.4, 0.5) is 5.69 Å². The van der Waals surface area contributed by atoms with Crippen LogP contribution in [0.1, 0.15) is 51.0 Å². The Labute approximate surface area is 137 Å². The summed E-state index contributed by atoms with van der Waals surface area (Å²) < 4.78 is 5.96. The summed E-state index contributed by atoms with van der Waals surface area (Å²) in [7, 11) is 0. The number of carboxylic acids is 1. The van der Waals surface area contributed by atoms with Crippen molar-refractivity contribution in [2.75, 3.05) is 5.32 Å². The Balaban J connectivity index is 1.89. The predicted octanol–water partition coefficient (Wildman–Crippen LogP) is 3.38. The first-order valence-corrected chi connectivity index (χ1v) is 8.35. The highest BCUT2D eigenvalue weighted by atomic mass is 16.5. The summed E-state index contributed by atoms with van der Waals surface area (Å²) in [6.45, 7) is 1.95. The van der Waals surface area contributed by atoms with Gasteiger partial charge in [-0.15, -0.1) is 0 Å². The average molecular weight is 319 g/mol. The molecule has 1 saturated carbocycles. The number of anilines is 1. The van der Waals surface area contributed by atoms with E-state index in [1.165, 1.54) is 19.3 Å². The van der Waals surface area contributed by atoms with Crippen molar-refractivity contribution in [2.24, 2.45) is 0 Å². The predicted molar refractivity (Wildman–Crippen MR) is 88.4 cm³/mol. The molecule has 0 spiro atoms. The number of carbonyl (C=O) groups is 2. The number of benzene rings is 1. The number of hydrogen-bond acceptors (Lipinski definition) is 3. The molecule has 0 bridgehead atoms. The molecule has 1 unspecified atom stereocenters. The first kappa shape index (κ1) is 17.5. The van der Waals surface area contributed by atoms with Crippen molar-refractivity contribution in [3.8, 4) is 0 Å². The fourth-order valence-electron chi connectivity index (χ4n) is 2.88. The molecule has 0 radical (unpaired) electrons. The Bertz CT molecular complexity index is 520. The Hall–Kier alpha value is -1.88. The number of aliphatic carboxylic acids is 1. The van der Waals surface area contributed by atoms with E-state index >= 15 is 0 Å². The Kier molecular flexibility index (Phi) is 6.59. The van der Waals surface area contributed by atoms with Crippen LogP contribution >= 0.6 is 0 Å². The third-order valence-corrected chi connectivity index (χ3v) is 4.15. The number of carboxylic acid groups (broad SMARTS) is 1. The van der Waals surface area contributed by atoms with Crippen LogP contribution in [-0.2, 0) is 20.7 Å². The van der Waals surface area contributed by atoms with Crippen molar-refractivity contribution >= 4 is 17.6 Å². The van der Waals surface area contributed by atoms with Crippen molar-refractivity contribution in [1.82, 2.24) is 0 Å². The van der Waals surface area contributed by atoms with E-state index < -0.39 is 12.1 Å². The van der Waals surface area contributed by atoms with Crippen LogP contribution in [0.3, 0.4) is 0 Å². The molecular formula is C18H25NO4. The zero-order chi connectivity index (χ0) is 16.7. The minimum atomic E-state index is -0.867. The smallest absolute Gasteiger partial charge is 0.307 e. The number of carbonyl (C=O) groups excluding carboxylic acids is 1. The molecule has 5 nitrogen and oxygen atoms in total. The van der Waals surface area contributed by atoms with E-state index in [-0.39, 0.29) is 18.4 Å². The minimum absolute atomic E-state index is 0.0173. The lowest BCUT2D eigenvalue weighted by Gasteiger charge is -2.26. The number of amides is 1. The fourth-order valence-corrected chi connectivity index (χ4v) is 2.88. The molecule has 2 rings (SSSR count). The third-order valence-electron chi connectivity index (χ3n) is 4.15. The molecule has 126 valence electrons. The average Bonchev–Trinajstić information content (AvgIpc) is 2.55. The molecule has 1 amide bonds. The quantitative estimate of drug-likeness (QED) is 0.808. The van der Waals surface area contributed by atoms with Crippen LogP contribution in [-0.4, -0.2) is 29.2 Å². The Morgan fingerprint density at radius 2 is 1.87 bits per heavy atom. The molecule has 0 aromatic heterocycles. The molecule has 0 heterocycles. The van der Waals surface area contributed by atoms with Crippen molar-refractivity contribution in [2.45, 2.75) is 64.1 Å². The second kappa shape index (κ2) is 8.67. The van der Waals surface area contributed by atoms with E-state index in [1.807, 2.05) is 6.92 Å². The topological polar surface area (TPSA) is 75.6 Å². The maximum absolute atomic E-state index is 12.3. The molecule has 1 aromatic carbocycles. The molecule has 1 aliphatic rings. The molecule has 0 saturated heterocycles. The summed E-state index contributed by atoms with van der Waals surface area (Å²) in [6, 6.07) is 6.88. The second-order valence-corrected chi connectivity index (χ2v) is 6.05. The summed E-state index contributed by atoms with van der Waals surface area (Å²) in [6.07, 6.45) is 6.05.